The van der Waals surface area contributed by atoms with Crippen molar-refractivity contribution in [1.29, 1.82) is 5.26 Å². The first-order chi connectivity index (χ1) is 17.5. The van der Waals surface area contributed by atoms with Gasteiger partial charge < -0.3 is 20.5 Å². The van der Waals surface area contributed by atoms with E-state index in [2.05, 4.69) is 10.6 Å². The lowest BCUT2D eigenvalue weighted by molar-refractivity contribution is -0.137. The first-order valence-corrected chi connectivity index (χ1v) is 11.9. The van der Waals surface area contributed by atoms with Crippen molar-refractivity contribution in [2.45, 2.75) is 38.5 Å². The molecule has 0 aliphatic heterocycles. The third-order valence-electron chi connectivity index (χ3n) is 5.48. The normalized spacial score (nSPS) is 11.5. The van der Waals surface area contributed by atoms with Gasteiger partial charge in [-0.1, -0.05) is 24.6 Å². The van der Waals surface area contributed by atoms with Crippen LogP contribution in [0.15, 0.2) is 54.6 Å². The number of hydrogen-bond donors (Lipinski definition) is 3. The Morgan fingerprint density at radius 1 is 1.08 bits per heavy atom. The number of carboxylic acids is 1. The van der Waals surface area contributed by atoms with Crippen LogP contribution >= 0.6 is 0 Å². The smallest absolute Gasteiger partial charge is 0.303 e. The monoisotopic (exact) mass is 493 g/mol. The summed E-state index contributed by atoms with van der Waals surface area (Å²) in [4.78, 5) is 21.3. The van der Waals surface area contributed by atoms with Gasteiger partial charge in [-0.25, -0.2) is 4.39 Å². The minimum Gasteiger partial charge on any atom is -0.497 e. The molecule has 7 nitrogen and oxygen atoms in total. The molecule has 0 atom stereocenters. The maximum Gasteiger partial charge on any atom is 0.303 e. The number of amides is 1. The molecule has 0 fully saturated rings. The van der Waals surface area contributed by atoms with Crippen LogP contribution < -0.4 is 15.4 Å². The summed E-state index contributed by atoms with van der Waals surface area (Å²) in [5.41, 5.74) is 2.83. The molecular weight excluding hydrogens is 461 g/mol. The highest BCUT2D eigenvalue weighted by molar-refractivity contribution is 5.95. The van der Waals surface area contributed by atoms with Gasteiger partial charge in [-0.05, 0) is 73.2 Å². The van der Waals surface area contributed by atoms with Crippen molar-refractivity contribution in [3.63, 3.8) is 0 Å². The molecule has 0 aromatic heterocycles. The number of rotatable bonds is 16. The molecule has 190 valence electrons. The number of carboxylic acid groups (broad SMARTS) is 1. The van der Waals surface area contributed by atoms with E-state index in [9.17, 15) is 14.0 Å². The fourth-order valence-corrected chi connectivity index (χ4v) is 3.59. The van der Waals surface area contributed by atoms with Gasteiger partial charge in [0.2, 0.25) is 6.41 Å². The number of aliphatic carboxylic acids is 1. The molecule has 0 saturated heterocycles. The number of nitrogens with zero attached hydrogens (tertiary/aromatic N) is 1. The van der Waals surface area contributed by atoms with E-state index in [1.165, 1.54) is 12.1 Å². The molecule has 36 heavy (non-hydrogen) atoms. The molecule has 0 aliphatic carbocycles. The minimum absolute atomic E-state index is 0.0263. The molecule has 0 unspecified atom stereocenters. The molecular formula is C28H32FN3O4. The fourth-order valence-electron chi connectivity index (χ4n) is 3.59. The maximum atomic E-state index is 14.6. The molecule has 0 saturated carbocycles. The number of halogens is 1. The van der Waals surface area contributed by atoms with Gasteiger partial charge in [-0.15, -0.1) is 0 Å². The van der Waals surface area contributed by atoms with Gasteiger partial charge in [0.25, 0.3) is 0 Å². The van der Waals surface area contributed by atoms with E-state index in [0.717, 1.165) is 42.5 Å². The standard InChI is InChI=1S/C28H32FN3O4/c1-36-24-14-12-21(13-15-24)28(32-17-7-9-27(34)35)25(8-5-3-2-4-6-16-31-20-33)22-10-11-23(19-30)26(29)18-22/h5,8,10-15,18,20,32H,2-4,6-7,9,16-17H2,1H3,(H,31,33)(H,34,35)/b8-5+,28-25+. The second-order valence-electron chi connectivity index (χ2n) is 8.07. The van der Waals surface area contributed by atoms with Crippen molar-refractivity contribution in [2.75, 3.05) is 20.2 Å². The number of methoxy groups -OCH3 is 1. The number of benzene rings is 2. The Morgan fingerprint density at radius 2 is 1.83 bits per heavy atom. The zero-order chi connectivity index (χ0) is 26.2. The van der Waals surface area contributed by atoms with Crippen LogP contribution in [0.2, 0.25) is 0 Å². The maximum absolute atomic E-state index is 14.6. The molecule has 0 heterocycles. The minimum atomic E-state index is -0.871. The second-order valence-corrected chi connectivity index (χ2v) is 8.07. The summed E-state index contributed by atoms with van der Waals surface area (Å²) in [5, 5.41) is 24.1. The molecule has 0 spiro atoms. The van der Waals surface area contributed by atoms with Gasteiger partial charge >= 0.3 is 5.97 Å². The molecule has 0 aliphatic rings. The van der Waals surface area contributed by atoms with E-state index >= 15 is 0 Å². The van der Waals surface area contributed by atoms with Crippen LogP contribution in [0.4, 0.5) is 4.39 Å². The van der Waals surface area contributed by atoms with Gasteiger partial charge in [-0.2, -0.15) is 5.26 Å². The predicted molar refractivity (Wildman–Crippen MR) is 137 cm³/mol. The summed E-state index contributed by atoms with van der Waals surface area (Å²) in [5.74, 6) is -0.789. The first-order valence-electron chi connectivity index (χ1n) is 11.9. The summed E-state index contributed by atoms with van der Waals surface area (Å²) in [6, 6.07) is 13.7. The lowest BCUT2D eigenvalue weighted by Gasteiger charge is -2.17. The Morgan fingerprint density at radius 3 is 2.47 bits per heavy atom. The summed E-state index contributed by atoms with van der Waals surface area (Å²) < 4.78 is 19.8. The average Bonchev–Trinajstić information content (AvgIpc) is 2.88. The third kappa shape index (κ3) is 9.26. The topological polar surface area (TPSA) is 111 Å². The van der Waals surface area contributed by atoms with E-state index in [1.54, 1.807) is 13.2 Å². The zero-order valence-corrected chi connectivity index (χ0v) is 20.4. The summed E-state index contributed by atoms with van der Waals surface area (Å²) in [7, 11) is 1.58. The predicted octanol–water partition coefficient (Wildman–Crippen LogP) is 4.89. The van der Waals surface area contributed by atoms with Crippen molar-refractivity contribution in [2.24, 2.45) is 0 Å². The van der Waals surface area contributed by atoms with Gasteiger partial charge in [0.05, 0.1) is 12.7 Å². The van der Waals surface area contributed by atoms with Crippen molar-refractivity contribution < 1.29 is 23.8 Å². The largest absolute Gasteiger partial charge is 0.497 e. The Hall–Kier alpha value is -4.12. The number of carbonyl (C=O) groups excluding carboxylic acids is 1. The molecule has 2 aromatic rings. The van der Waals surface area contributed by atoms with Crippen LogP contribution in [0.3, 0.4) is 0 Å². The van der Waals surface area contributed by atoms with E-state index < -0.39 is 11.8 Å². The lowest BCUT2D eigenvalue weighted by atomic mass is 9.97. The fraction of sp³-hybridized carbons (Fsp3) is 0.321. The average molecular weight is 494 g/mol. The van der Waals surface area contributed by atoms with Gasteiger partial charge in [0.1, 0.15) is 17.6 Å². The van der Waals surface area contributed by atoms with Crippen molar-refractivity contribution >= 4 is 23.6 Å². The zero-order valence-electron chi connectivity index (χ0n) is 20.4. The number of nitriles is 1. The Balaban J connectivity index is 2.42. The van der Waals surface area contributed by atoms with Crippen molar-refractivity contribution in [3.05, 3.63) is 77.1 Å². The highest BCUT2D eigenvalue weighted by Gasteiger charge is 2.13. The third-order valence-corrected chi connectivity index (χ3v) is 5.48. The molecule has 0 radical (unpaired) electrons. The van der Waals surface area contributed by atoms with Crippen LogP contribution in [-0.4, -0.2) is 37.7 Å². The lowest BCUT2D eigenvalue weighted by Crippen LogP contribution is -2.16. The van der Waals surface area contributed by atoms with Gasteiger partial charge in [-0.3, -0.25) is 9.59 Å². The summed E-state index contributed by atoms with van der Waals surface area (Å²) >= 11 is 0. The highest BCUT2D eigenvalue weighted by Crippen LogP contribution is 2.29. The second kappa shape index (κ2) is 15.7. The van der Waals surface area contributed by atoms with Crippen LogP contribution in [-0.2, 0) is 9.59 Å². The van der Waals surface area contributed by atoms with Crippen LogP contribution in [0, 0.1) is 17.1 Å². The molecule has 3 N–H and O–H groups in total. The summed E-state index contributed by atoms with van der Waals surface area (Å²) in [6.07, 6.45) is 8.63. The Bertz CT molecular complexity index is 1100. The summed E-state index contributed by atoms with van der Waals surface area (Å²) in [6.45, 7) is 1.05. The number of hydrogen-bond acceptors (Lipinski definition) is 5. The van der Waals surface area contributed by atoms with Crippen molar-refractivity contribution in [3.8, 4) is 11.8 Å². The van der Waals surface area contributed by atoms with Gasteiger partial charge in [0.15, 0.2) is 0 Å². The Labute approximate surface area is 211 Å². The van der Waals surface area contributed by atoms with Crippen molar-refractivity contribution in [1.82, 2.24) is 10.6 Å². The molecule has 2 aromatic carbocycles. The first kappa shape index (κ1) is 28.1. The number of carbonyl (C=O) groups is 2. The quantitative estimate of drug-likeness (QED) is 0.133. The molecule has 8 heteroatoms. The Kier molecular flexibility index (Phi) is 12.3. The number of ether oxygens (including phenoxy) is 1. The van der Waals surface area contributed by atoms with Gasteiger partial charge in [0, 0.05) is 30.8 Å². The SMILES string of the molecule is COc1ccc(/C(NCCCC(=O)O)=C(/C=C/CCCCCNC=O)c2ccc(C#N)c(F)c2)cc1. The van der Waals surface area contributed by atoms with E-state index in [1.807, 2.05) is 42.5 Å². The number of allylic oxidation sites excluding steroid dienone is 3. The molecule has 0 bridgehead atoms. The number of unbranched alkanes of at least 4 members (excludes halogenated alkanes) is 3. The number of nitrogens with one attached hydrogen (secondary N) is 2. The van der Waals surface area contributed by atoms with Crippen LogP contribution in [0.5, 0.6) is 5.75 Å². The van der Waals surface area contributed by atoms with E-state index in [-0.39, 0.29) is 12.0 Å². The molecule has 2 rings (SSSR count). The van der Waals surface area contributed by atoms with Crippen LogP contribution in [0.1, 0.15) is 55.2 Å². The van der Waals surface area contributed by atoms with Crippen LogP contribution in [0.25, 0.3) is 11.3 Å². The molecule has 1 amide bonds. The highest BCUT2D eigenvalue weighted by atomic mass is 19.1. The van der Waals surface area contributed by atoms with E-state index in [0.29, 0.717) is 37.2 Å². The van der Waals surface area contributed by atoms with E-state index in [4.69, 9.17) is 15.1 Å².